The Bertz CT molecular complexity index is 170. The molecule has 62 valence electrons. The molecule has 11 heavy (non-hydrogen) atoms. The van der Waals surface area contributed by atoms with E-state index >= 15 is 0 Å². The average Bonchev–Trinajstić information content (AvgIpc) is 2.71. The summed E-state index contributed by atoms with van der Waals surface area (Å²) in [6.45, 7) is 8.12. The van der Waals surface area contributed by atoms with Crippen molar-refractivity contribution in [1.29, 1.82) is 0 Å². The van der Waals surface area contributed by atoms with Crippen molar-refractivity contribution < 1.29 is 0 Å². The van der Waals surface area contributed by atoms with Crippen LogP contribution in [0.1, 0.15) is 39.5 Å². The Labute approximate surface area is 70.0 Å². The smallest absolute Gasteiger partial charge is 0.0342 e. The molecular weight excluding hydrogens is 132 g/mol. The number of hydrogen-bond acceptors (Lipinski definition) is 0. The van der Waals surface area contributed by atoms with Gasteiger partial charge in [-0.2, -0.15) is 0 Å². The van der Waals surface area contributed by atoms with Gasteiger partial charge in [0.05, 0.1) is 0 Å². The third-order valence-corrected chi connectivity index (χ3v) is 2.40. The van der Waals surface area contributed by atoms with Crippen molar-refractivity contribution in [1.82, 2.24) is 0 Å². The third-order valence-electron chi connectivity index (χ3n) is 2.40. The van der Waals surface area contributed by atoms with Crippen LogP contribution >= 0.6 is 0 Å². The fraction of sp³-hybridized carbons (Fsp3) is 0.636. The van der Waals surface area contributed by atoms with Crippen molar-refractivity contribution in [3.05, 3.63) is 23.8 Å². The molecule has 0 radical (unpaired) electrons. The Kier molecular flexibility index (Phi) is 2.92. The standard InChI is InChI=1S/C11H18/c1-9(2)10(3)5-4-6-11-7-8-11/h5,11H,1,4,6-8H2,2-3H3/b10-5+. The van der Waals surface area contributed by atoms with Crippen molar-refractivity contribution in [3.63, 3.8) is 0 Å². The highest BCUT2D eigenvalue weighted by Gasteiger charge is 2.19. The molecule has 0 aliphatic heterocycles. The first kappa shape index (κ1) is 8.58. The Balaban J connectivity index is 2.15. The van der Waals surface area contributed by atoms with Crippen LogP contribution in [0.5, 0.6) is 0 Å². The maximum Gasteiger partial charge on any atom is -0.0342 e. The van der Waals surface area contributed by atoms with Gasteiger partial charge in [0.15, 0.2) is 0 Å². The number of rotatable bonds is 4. The molecule has 0 nitrogen and oxygen atoms in total. The molecule has 0 saturated heterocycles. The van der Waals surface area contributed by atoms with Crippen LogP contribution in [0.3, 0.4) is 0 Å². The minimum atomic E-state index is 1.06. The summed E-state index contributed by atoms with van der Waals surface area (Å²) in [6, 6.07) is 0. The van der Waals surface area contributed by atoms with E-state index in [1.54, 1.807) is 0 Å². The van der Waals surface area contributed by atoms with Crippen LogP contribution in [0.2, 0.25) is 0 Å². The fourth-order valence-corrected chi connectivity index (χ4v) is 1.12. The quantitative estimate of drug-likeness (QED) is 0.536. The molecule has 1 aliphatic carbocycles. The molecule has 0 amide bonds. The summed E-state index contributed by atoms with van der Waals surface area (Å²) in [6.07, 6.45) is 7.91. The molecule has 0 aromatic rings. The van der Waals surface area contributed by atoms with Gasteiger partial charge in [0.2, 0.25) is 0 Å². The van der Waals surface area contributed by atoms with E-state index < -0.39 is 0 Å². The lowest BCUT2D eigenvalue weighted by Gasteiger charge is -1.97. The van der Waals surface area contributed by atoms with Gasteiger partial charge in [-0.15, -0.1) is 0 Å². The largest absolute Gasteiger partial charge is 0.0959 e. The molecule has 1 rings (SSSR count). The van der Waals surface area contributed by atoms with Gasteiger partial charge in [-0.3, -0.25) is 0 Å². The lowest BCUT2D eigenvalue weighted by molar-refractivity contribution is 0.739. The lowest BCUT2D eigenvalue weighted by atomic mass is 10.1. The van der Waals surface area contributed by atoms with E-state index in [4.69, 9.17) is 0 Å². The van der Waals surface area contributed by atoms with E-state index in [0.717, 1.165) is 5.92 Å². The van der Waals surface area contributed by atoms with E-state index in [1.165, 1.54) is 36.8 Å². The Hall–Kier alpha value is -0.520. The van der Waals surface area contributed by atoms with Gasteiger partial charge in [-0.1, -0.05) is 36.6 Å². The number of hydrogen-bond donors (Lipinski definition) is 0. The predicted molar refractivity (Wildman–Crippen MR) is 50.5 cm³/mol. The van der Waals surface area contributed by atoms with Gasteiger partial charge >= 0.3 is 0 Å². The topological polar surface area (TPSA) is 0 Å². The minimum absolute atomic E-state index is 1.06. The van der Waals surface area contributed by atoms with Crippen molar-refractivity contribution in [2.75, 3.05) is 0 Å². The van der Waals surface area contributed by atoms with Crippen LogP contribution in [0.25, 0.3) is 0 Å². The monoisotopic (exact) mass is 150 g/mol. The molecule has 0 aromatic heterocycles. The summed E-state index contributed by atoms with van der Waals surface area (Å²) in [5.74, 6) is 1.06. The first-order chi connectivity index (χ1) is 5.20. The molecule has 0 N–H and O–H groups in total. The molecule has 1 saturated carbocycles. The van der Waals surface area contributed by atoms with Gasteiger partial charge < -0.3 is 0 Å². The number of allylic oxidation sites excluding steroid dienone is 3. The lowest BCUT2D eigenvalue weighted by Crippen LogP contribution is -1.78. The second-order valence-electron chi connectivity index (χ2n) is 3.69. The zero-order valence-electron chi connectivity index (χ0n) is 7.69. The van der Waals surface area contributed by atoms with Gasteiger partial charge in [0.1, 0.15) is 0 Å². The van der Waals surface area contributed by atoms with Crippen molar-refractivity contribution >= 4 is 0 Å². The predicted octanol–water partition coefficient (Wildman–Crippen LogP) is 3.70. The van der Waals surface area contributed by atoms with E-state index in [2.05, 4.69) is 26.5 Å². The van der Waals surface area contributed by atoms with Crippen LogP contribution in [0.4, 0.5) is 0 Å². The maximum absolute atomic E-state index is 3.90. The Morgan fingerprint density at radius 3 is 2.55 bits per heavy atom. The zero-order chi connectivity index (χ0) is 8.27. The van der Waals surface area contributed by atoms with E-state index in [1.807, 2.05) is 0 Å². The van der Waals surface area contributed by atoms with Crippen molar-refractivity contribution in [2.45, 2.75) is 39.5 Å². The van der Waals surface area contributed by atoms with Crippen molar-refractivity contribution in [2.24, 2.45) is 5.92 Å². The third kappa shape index (κ3) is 3.41. The Morgan fingerprint density at radius 2 is 2.09 bits per heavy atom. The van der Waals surface area contributed by atoms with Crippen LogP contribution < -0.4 is 0 Å². The van der Waals surface area contributed by atoms with Gasteiger partial charge in [-0.05, 0) is 32.6 Å². The van der Waals surface area contributed by atoms with Gasteiger partial charge in [0.25, 0.3) is 0 Å². The summed E-state index contributed by atoms with van der Waals surface area (Å²) in [7, 11) is 0. The summed E-state index contributed by atoms with van der Waals surface area (Å²) >= 11 is 0. The molecule has 0 bridgehead atoms. The second kappa shape index (κ2) is 3.75. The van der Waals surface area contributed by atoms with Crippen LogP contribution in [-0.4, -0.2) is 0 Å². The van der Waals surface area contributed by atoms with Crippen LogP contribution in [-0.2, 0) is 0 Å². The Morgan fingerprint density at radius 1 is 1.45 bits per heavy atom. The summed E-state index contributed by atoms with van der Waals surface area (Å²) in [5, 5.41) is 0. The summed E-state index contributed by atoms with van der Waals surface area (Å²) < 4.78 is 0. The molecule has 0 atom stereocenters. The molecule has 0 unspecified atom stereocenters. The molecular formula is C11H18. The fourth-order valence-electron chi connectivity index (χ4n) is 1.12. The van der Waals surface area contributed by atoms with Gasteiger partial charge in [-0.25, -0.2) is 0 Å². The summed E-state index contributed by atoms with van der Waals surface area (Å²) in [5.41, 5.74) is 2.58. The highest BCUT2D eigenvalue weighted by atomic mass is 14.2. The highest BCUT2D eigenvalue weighted by Crippen LogP contribution is 2.33. The zero-order valence-corrected chi connectivity index (χ0v) is 7.69. The molecule has 0 heteroatoms. The maximum atomic E-state index is 3.90. The first-order valence-electron chi connectivity index (χ1n) is 4.53. The SMILES string of the molecule is C=C(C)/C(C)=C/CCC1CC1. The molecule has 0 aromatic carbocycles. The molecule has 0 heterocycles. The highest BCUT2D eigenvalue weighted by molar-refractivity contribution is 5.23. The normalized spacial score (nSPS) is 18.5. The van der Waals surface area contributed by atoms with Gasteiger partial charge in [0, 0.05) is 0 Å². The van der Waals surface area contributed by atoms with E-state index in [-0.39, 0.29) is 0 Å². The average molecular weight is 150 g/mol. The second-order valence-corrected chi connectivity index (χ2v) is 3.69. The minimum Gasteiger partial charge on any atom is -0.0959 e. The van der Waals surface area contributed by atoms with E-state index in [0.29, 0.717) is 0 Å². The van der Waals surface area contributed by atoms with Crippen molar-refractivity contribution in [3.8, 4) is 0 Å². The first-order valence-corrected chi connectivity index (χ1v) is 4.53. The van der Waals surface area contributed by atoms with Crippen LogP contribution in [0.15, 0.2) is 23.8 Å². The summed E-state index contributed by atoms with van der Waals surface area (Å²) in [4.78, 5) is 0. The van der Waals surface area contributed by atoms with Crippen LogP contribution in [0, 0.1) is 5.92 Å². The molecule has 0 spiro atoms. The van der Waals surface area contributed by atoms with E-state index in [9.17, 15) is 0 Å². The molecule has 1 aliphatic rings. The molecule has 1 fully saturated rings.